The van der Waals surface area contributed by atoms with Gasteiger partial charge in [-0.05, 0) is 72.9 Å². The van der Waals surface area contributed by atoms with E-state index in [1.54, 1.807) is 24.4 Å². The standard InChI is InChI=1S/C51H67ClN8O6/c1-32-25-42(45(63)55-29-33-9-11-34(12-10-33)35-13-14-35)60(57-32)46(64)40(49(2,3)4)26-38(61)31-65-24-23-58-19-21-59(22-20-58)43-18-16-37(30-54-43)44(62)56-47-50(5,6)48(51(47,7)8)66-39-17-15-36(28-53)41(52)27-39/h9-12,15-18,27,30,32,35,40,42,47-48,57H,13-14,19-26,29,31H2,1-8H3,(H,55,63)(H,56,62)/t32-,40-,42+,47?,48?/m1/s1. The summed E-state index contributed by atoms with van der Waals surface area (Å²) in [4.78, 5) is 63.5. The topological polar surface area (TPSA) is 169 Å². The third kappa shape index (κ3) is 11.2. The fraction of sp³-hybridized carbons (Fsp3) is 0.569. The van der Waals surface area contributed by atoms with Gasteiger partial charge in [0.05, 0.1) is 28.7 Å². The number of hydrogen-bond donors (Lipinski definition) is 3. The first-order valence-corrected chi connectivity index (χ1v) is 23.8. The number of hydrazine groups is 1. The lowest BCUT2D eigenvalue weighted by molar-refractivity contribution is -0.164. The number of carbonyl (C=O) groups is 4. The van der Waals surface area contributed by atoms with Crippen molar-refractivity contribution in [1.29, 1.82) is 5.26 Å². The van der Waals surface area contributed by atoms with Crippen molar-refractivity contribution in [3.63, 3.8) is 0 Å². The van der Waals surface area contributed by atoms with Crippen molar-refractivity contribution < 1.29 is 28.7 Å². The predicted molar refractivity (Wildman–Crippen MR) is 254 cm³/mol. The molecule has 0 unspecified atom stereocenters. The van der Waals surface area contributed by atoms with E-state index in [1.165, 1.54) is 23.4 Å². The van der Waals surface area contributed by atoms with Gasteiger partial charge < -0.3 is 25.0 Å². The van der Waals surface area contributed by atoms with Crippen LogP contribution in [0.4, 0.5) is 5.82 Å². The van der Waals surface area contributed by atoms with Crippen molar-refractivity contribution >= 4 is 40.9 Å². The molecule has 2 aromatic carbocycles. The zero-order chi connectivity index (χ0) is 47.6. The van der Waals surface area contributed by atoms with Gasteiger partial charge in [0.1, 0.15) is 36.4 Å². The lowest BCUT2D eigenvalue weighted by Crippen LogP contribution is -2.74. The van der Waals surface area contributed by atoms with Crippen LogP contribution in [0.15, 0.2) is 60.8 Å². The van der Waals surface area contributed by atoms with Crippen LogP contribution in [0, 0.1) is 33.5 Å². The molecule has 4 aliphatic rings. The Hall–Kier alpha value is -5.07. The Bertz CT molecular complexity index is 2260. The molecule has 2 saturated heterocycles. The van der Waals surface area contributed by atoms with Gasteiger partial charge in [0, 0.05) is 80.9 Å². The smallest absolute Gasteiger partial charge is 0.253 e. The van der Waals surface area contributed by atoms with Gasteiger partial charge in [-0.15, -0.1) is 0 Å². The molecule has 0 radical (unpaired) electrons. The van der Waals surface area contributed by atoms with E-state index < -0.39 is 17.4 Å². The van der Waals surface area contributed by atoms with Crippen LogP contribution in [0.3, 0.4) is 0 Å². The molecule has 354 valence electrons. The molecule has 3 amide bonds. The van der Waals surface area contributed by atoms with Crippen LogP contribution in [0.2, 0.25) is 5.02 Å². The summed E-state index contributed by atoms with van der Waals surface area (Å²) in [6.07, 6.45) is 4.40. The number of nitriles is 1. The quantitative estimate of drug-likeness (QED) is 0.124. The van der Waals surface area contributed by atoms with Gasteiger partial charge in [0.15, 0.2) is 5.78 Å². The Morgan fingerprint density at radius 3 is 2.29 bits per heavy atom. The molecule has 1 aromatic heterocycles. The summed E-state index contributed by atoms with van der Waals surface area (Å²) in [5.41, 5.74) is 5.14. The molecule has 4 fully saturated rings. The number of Topliss-reactive ketones (excluding diaryl/α,β-unsaturated/α-hetero) is 1. The average molecular weight is 924 g/mol. The average Bonchev–Trinajstić information content (AvgIpc) is 4.07. The highest BCUT2D eigenvalue weighted by molar-refractivity contribution is 6.31. The lowest BCUT2D eigenvalue weighted by Gasteiger charge is -2.63. The van der Waals surface area contributed by atoms with E-state index in [2.05, 4.69) is 88.9 Å². The summed E-state index contributed by atoms with van der Waals surface area (Å²) in [5, 5.41) is 17.3. The largest absolute Gasteiger partial charge is 0.489 e. The minimum Gasteiger partial charge on any atom is -0.489 e. The summed E-state index contributed by atoms with van der Waals surface area (Å²) >= 11 is 6.25. The number of carbonyl (C=O) groups excluding carboxylic acids is 4. The van der Waals surface area contributed by atoms with Crippen molar-refractivity contribution in [2.75, 3.05) is 50.8 Å². The molecule has 2 saturated carbocycles. The van der Waals surface area contributed by atoms with Gasteiger partial charge in [0.2, 0.25) is 11.8 Å². The highest BCUT2D eigenvalue weighted by Gasteiger charge is 2.64. The van der Waals surface area contributed by atoms with E-state index in [9.17, 15) is 24.4 Å². The molecule has 0 spiro atoms. The molecule has 3 heterocycles. The summed E-state index contributed by atoms with van der Waals surface area (Å²) in [6, 6.07) is 18.3. The Morgan fingerprint density at radius 2 is 1.68 bits per heavy atom. The monoisotopic (exact) mass is 922 g/mol. The highest BCUT2D eigenvalue weighted by atomic mass is 35.5. The molecular weight excluding hydrogens is 856 g/mol. The fourth-order valence-corrected chi connectivity index (χ4v) is 10.4. The van der Waals surface area contributed by atoms with E-state index in [4.69, 9.17) is 21.1 Å². The van der Waals surface area contributed by atoms with Crippen molar-refractivity contribution in [3.05, 3.63) is 88.1 Å². The number of ketones is 1. The van der Waals surface area contributed by atoms with E-state index in [0.29, 0.717) is 53.9 Å². The second kappa shape index (κ2) is 20.0. The molecule has 3 N–H and O–H groups in total. The van der Waals surface area contributed by atoms with E-state index in [0.717, 1.165) is 37.6 Å². The van der Waals surface area contributed by atoms with Crippen LogP contribution in [0.25, 0.3) is 0 Å². The van der Waals surface area contributed by atoms with Crippen molar-refractivity contribution in [3.8, 4) is 11.8 Å². The number of anilines is 1. The number of halogens is 1. The summed E-state index contributed by atoms with van der Waals surface area (Å²) < 4.78 is 12.2. The van der Waals surface area contributed by atoms with Gasteiger partial charge >= 0.3 is 0 Å². The molecule has 66 heavy (non-hydrogen) atoms. The first-order valence-electron chi connectivity index (χ1n) is 23.4. The van der Waals surface area contributed by atoms with E-state index in [-0.39, 0.29) is 65.6 Å². The Labute approximate surface area is 395 Å². The zero-order valence-corrected chi connectivity index (χ0v) is 40.5. The van der Waals surface area contributed by atoms with E-state index >= 15 is 0 Å². The molecule has 0 bridgehead atoms. The number of nitrogens with one attached hydrogen (secondary N) is 3. The van der Waals surface area contributed by atoms with Gasteiger partial charge in [-0.2, -0.15) is 5.26 Å². The van der Waals surface area contributed by atoms with Crippen LogP contribution in [0.1, 0.15) is 114 Å². The third-order valence-corrected chi connectivity index (χ3v) is 14.3. The number of aromatic nitrogens is 1. The van der Waals surface area contributed by atoms with Crippen LogP contribution in [-0.4, -0.2) is 109 Å². The minimum atomic E-state index is -0.672. The molecule has 7 rings (SSSR count). The van der Waals surface area contributed by atoms with Crippen molar-refractivity contribution in [1.82, 2.24) is 31.0 Å². The molecule has 14 nitrogen and oxygen atoms in total. The van der Waals surface area contributed by atoms with Gasteiger partial charge in [-0.25, -0.2) is 10.4 Å². The highest BCUT2D eigenvalue weighted by Crippen LogP contribution is 2.55. The molecule has 2 aliphatic heterocycles. The number of pyridine rings is 1. The van der Waals surface area contributed by atoms with Crippen molar-refractivity contribution in [2.45, 2.75) is 118 Å². The molecule has 15 heteroatoms. The number of piperazine rings is 1. The zero-order valence-electron chi connectivity index (χ0n) is 39.8. The molecule has 2 aliphatic carbocycles. The van der Waals surface area contributed by atoms with E-state index in [1.807, 2.05) is 39.8 Å². The third-order valence-electron chi connectivity index (χ3n) is 14.0. The number of ether oxygens (including phenoxy) is 2. The predicted octanol–water partition coefficient (Wildman–Crippen LogP) is 6.67. The van der Waals surface area contributed by atoms with Crippen LogP contribution in [-0.2, 0) is 25.7 Å². The molecule has 3 atom stereocenters. The Morgan fingerprint density at radius 1 is 0.985 bits per heavy atom. The number of hydrogen-bond acceptors (Lipinski definition) is 11. The van der Waals surface area contributed by atoms with Crippen LogP contribution < -0.4 is 25.7 Å². The molecule has 3 aromatic rings. The van der Waals surface area contributed by atoms with Gasteiger partial charge in [0.25, 0.3) is 5.91 Å². The maximum Gasteiger partial charge on any atom is 0.253 e. The second-order valence-corrected chi connectivity index (χ2v) is 21.4. The Balaban J connectivity index is 0.820. The maximum absolute atomic E-state index is 14.1. The van der Waals surface area contributed by atoms with Gasteiger partial charge in [-0.1, -0.05) is 84.3 Å². The summed E-state index contributed by atoms with van der Waals surface area (Å²) in [5.74, 6) is 0.599. The van der Waals surface area contributed by atoms with Crippen molar-refractivity contribution in [2.24, 2.45) is 22.2 Å². The summed E-state index contributed by atoms with van der Waals surface area (Å²) in [6.45, 7) is 20.5. The number of rotatable bonds is 17. The number of nitrogens with zero attached hydrogens (tertiary/aromatic N) is 5. The van der Waals surface area contributed by atoms with Gasteiger partial charge in [-0.3, -0.25) is 29.1 Å². The first-order chi connectivity index (χ1) is 31.3. The minimum absolute atomic E-state index is 0.0196. The fourth-order valence-electron chi connectivity index (χ4n) is 10.2. The lowest BCUT2D eigenvalue weighted by atomic mass is 9.49. The van der Waals surface area contributed by atoms with Crippen LogP contribution >= 0.6 is 11.6 Å². The number of amides is 3. The number of benzene rings is 2. The maximum atomic E-state index is 14.1. The summed E-state index contributed by atoms with van der Waals surface area (Å²) in [7, 11) is 0. The Kier molecular flexibility index (Phi) is 14.8. The normalized spacial score (nSPS) is 23.0. The first kappa shape index (κ1) is 48.9. The SMILES string of the molecule is C[C@@H]1C[C@@H](C(=O)NCc2ccc(C3CC3)cc2)N(C(=O)[C@@H](CC(=O)COCCN2CCN(c3ccc(C(=O)NC4C(C)(C)C(Oc5ccc(C#N)c(Cl)c5)C4(C)C)cn3)CC2)C(C)(C)C)N1. The molecular formula is C51H67ClN8O6. The second-order valence-electron chi connectivity index (χ2n) is 21.0. The van der Waals surface area contributed by atoms with Crippen LogP contribution in [0.5, 0.6) is 5.75 Å².